The number of nitrogens with one attached hydrogen (secondary N) is 1. The van der Waals surface area contributed by atoms with Crippen molar-refractivity contribution >= 4 is 27.6 Å². The standard InChI is InChI=1S/C18H24N2O3S/c1-18(2,3)20-17(22)23-10-16-19-14-5-4-12(8-15(14)24-16)13-6-11(7-13)9-21/h4-5,8,11,13,21H,6-7,9-10H2,1-3H3,(H,20,22). The summed E-state index contributed by atoms with van der Waals surface area (Å²) in [5.74, 6) is 1.00. The molecule has 0 atom stereocenters. The van der Waals surface area contributed by atoms with Crippen LogP contribution < -0.4 is 5.32 Å². The molecule has 1 amide bonds. The minimum atomic E-state index is -0.424. The minimum absolute atomic E-state index is 0.187. The van der Waals surface area contributed by atoms with Crippen LogP contribution >= 0.6 is 11.3 Å². The first-order valence-corrected chi connectivity index (χ1v) is 9.11. The van der Waals surface area contributed by atoms with Crippen LogP contribution in [-0.2, 0) is 11.3 Å². The van der Waals surface area contributed by atoms with Crippen LogP contribution in [0.2, 0.25) is 0 Å². The SMILES string of the molecule is CC(C)(C)NC(=O)OCc1nc2ccc(C3CC(CO)C3)cc2s1. The van der Waals surface area contributed by atoms with E-state index in [9.17, 15) is 4.79 Å². The monoisotopic (exact) mass is 348 g/mol. The number of hydrogen-bond acceptors (Lipinski definition) is 5. The number of aliphatic hydroxyl groups is 1. The van der Waals surface area contributed by atoms with Crippen molar-refractivity contribution in [1.82, 2.24) is 10.3 Å². The molecule has 5 nitrogen and oxygen atoms in total. The van der Waals surface area contributed by atoms with Gasteiger partial charge in [0.1, 0.15) is 11.6 Å². The maximum absolute atomic E-state index is 11.7. The van der Waals surface area contributed by atoms with E-state index in [2.05, 4.69) is 22.4 Å². The predicted molar refractivity (Wildman–Crippen MR) is 95.2 cm³/mol. The first-order chi connectivity index (χ1) is 11.3. The molecule has 1 fully saturated rings. The number of amides is 1. The molecule has 1 heterocycles. The highest BCUT2D eigenvalue weighted by molar-refractivity contribution is 7.18. The third-order valence-corrected chi connectivity index (χ3v) is 5.22. The van der Waals surface area contributed by atoms with Crippen molar-refractivity contribution in [2.75, 3.05) is 6.61 Å². The Kier molecular flexibility index (Phi) is 4.78. The molecule has 130 valence electrons. The van der Waals surface area contributed by atoms with E-state index in [0.29, 0.717) is 11.8 Å². The van der Waals surface area contributed by atoms with Gasteiger partial charge in [0, 0.05) is 12.1 Å². The number of carbonyl (C=O) groups is 1. The van der Waals surface area contributed by atoms with Gasteiger partial charge >= 0.3 is 6.09 Å². The van der Waals surface area contributed by atoms with Crippen LogP contribution in [0, 0.1) is 5.92 Å². The normalized spacial score (nSPS) is 20.7. The lowest BCUT2D eigenvalue weighted by Gasteiger charge is -2.34. The third kappa shape index (κ3) is 4.05. The van der Waals surface area contributed by atoms with Crippen LogP contribution in [0.4, 0.5) is 4.79 Å². The number of fused-ring (bicyclic) bond motifs is 1. The van der Waals surface area contributed by atoms with E-state index < -0.39 is 6.09 Å². The van der Waals surface area contributed by atoms with Gasteiger partial charge in [-0.2, -0.15) is 0 Å². The molecule has 0 unspecified atom stereocenters. The van der Waals surface area contributed by atoms with Crippen molar-refractivity contribution in [3.05, 3.63) is 28.8 Å². The lowest BCUT2D eigenvalue weighted by molar-refractivity contribution is 0.131. The van der Waals surface area contributed by atoms with Crippen molar-refractivity contribution in [2.24, 2.45) is 5.92 Å². The second-order valence-corrected chi connectivity index (χ2v) is 8.62. The molecule has 1 aliphatic rings. The number of alkyl carbamates (subject to hydrolysis) is 1. The molecular formula is C18H24N2O3S. The van der Waals surface area contributed by atoms with Gasteiger partial charge in [0.15, 0.2) is 0 Å². The second kappa shape index (κ2) is 6.69. The topological polar surface area (TPSA) is 71.5 Å². The number of aliphatic hydroxyl groups excluding tert-OH is 1. The fraction of sp³-hybridized carbons (Fsp3) is 0.556. The molecule has 24 heavy (non-hydrogen) atoms. The smallest absolute Gasteiger partial charge is 0.407 e. The summed E-state index contributed by atoms with van der Waals surface area (Å²) >= 11 is 1.56. The summed E-state index contributed by atoms with van der Waals surface area (Å²) in [4.78, 5) is 16.2. The predicted octanol–water partition coefficient (Wildman–Crippen LogP) is 3.81. The van der Waals surface area contributed by atoms with Gasteiger partial charge in [0.05, 0.1) is 10.2 Å². The molecule has 3 rings (SSSR count). The highest BCUT2D eigenvalue weighted by Crippen LogP contribution is 2.42. The van der Waals surface area contributed by atoms with E-state index in [1.54, 1.807) is 11.3 Å². The Morgan fingerprint density at radius 3 is 2.83 bits per heavy atom. The molecule has 1 aromatic heterocycles. The fourth-order valence-electron chi connectivity index (χ4n) is 2.93. The zero-order valence-corrected chi connectivity index (χ0v) is 15.2. The molecule has 0 radical (unpaired) electrons. The number of rotatable bonds is 4. The molecule has 1 aliphatic carbocycles. The fourth-order valence-corrected chi connectivity index (χ4v) is 3.86. The summed E-state index contributed by atoms with van der Waals surface area (Å²) in [6.45, 7) is 6.21. The zero-order chi connectivity index (χ0) is 17.3. The van der Waals surface area contributed by atoms with E-state index >= 15 is 0 Å². The van der Waals surface area contributed by atoms with E-state index in [0.717, 1.165) is 28.1 Å². The summed E-state index contributed by atoms with van der Waals surface area (Å²) in [7, 11) is 0. The average Bonchev–Trinajstić information content (AvgIpc) is 2.84. The van der Waals surface area contributed by atoms with E-state index in [-0.39, 0.29) is 18.8 Å². The van der Waals surface area contributed by atoms with E-state index in [1.807, 2.05) is 26.8 Å². The summed E-state index contributed by atoms with van der Waals surface area (Å²) in [6.07, 6.45) is 1.69. The first-order valence-electron chi connectivity index (χ1n) is 8.29. The molecule has 0 aliphatic heterocycles. The van der Waals surface area contributed by atoms with Crippen LogP contribution in [0.1, 0.15) is 50.1 Å². The molecule has 2 aromatic rings. The molecule has 2 N–H and O–H groups in total. The Balaban J connectivity index is 1.63. The number of ether oxygens (including phenoxy) is 1. The van der Waals surface area contributed by atoms with Gasteiger partial charge in [-0.1, -0.05) is 6.07 Å². The highest BCUT2D eigenvalue weighted by Gasteiger charge is 2.29. The third-order valence-electron chi connectivity index (χ3n) is 4.23. The average molecular weight is 348 g/mol. The van der Waals surface area contributed by atoms with Gasteiger partial charge in [0.2, 0.25) is 0 Å². The van der Waals surface area contributed by atoms with Crippen LogP contribution in [0.5, 0.6) is 0 Å². The summed E-state index contributed by atoms with van der Waals surface area (Å²) in [5, 5.41) is 12.7. The molecule has 0 saturated heterocycles. The van der Waals surface area contributed by atoms with Gasteiger partial charge in [-0.3, -0.25) is 0 Å². The molecule has 6 heteroatoms. The van der Waals surface area contributed by atoms with Crippen LogP contribution in [0.15, 0.2) is 18.2 Å². The highest BCUT2D eigenvalue weighted by atomic mass is 32.1. The maximum Gasteiger partial charge on any atom is 0.407 e. The number of carbonyl (C=O) groups excluding carboxylic acids is 1. The van der Waals surface area contributed by atoms with Crippen molar-refractivity contribution < 1.29 is 14.6 Å². The summed E-state index contributed by atoms with van der Waals surface area (Å²) < 4.78 is 6.36. The number of thiazole rings is 1. The molecular weight excluding hydrogens is 324 g/mol. The Hall–Kier alpha value is -1.66. The van der Waals surface area contributed by atoms with Crippen molar-refractivity contribution in [3.8, 4) is 0 Å². The van der Waals surface area contributed by atoms with Crippen molar-refractivity contribution in [1.29, 1.82) is 0 Å². The van der Waals surface area contributed by atoms with Gasteiger partial charge in [-0.25, -0.2) is 9.78 Å². The largest absolute Gasteiger partial charge is 0.442 e. The second-order valence-electron chi connectivity index (χ2n) is 7.50. The van der Waals surface area contributed by atoms with Crippen molar-refractivity contribution in [3.63, 3.8) is 0 Å². The van der Waals surface area contributed by atoms with E-state index in [4.69, 9.17) is 9.84 Å². The summed E-state index contributed by atoms with van der Waals surface area (Å²) in [6, 6.07) is 6.34. The van der Waals surface area contributed by atoms with Crippen LogP contribution in [-0.4, -0.2) is 28.3 Å². The minimum Gasteiger partial charge on any atom is -0.442 e. The summed E-state index contributed by atoms with van der Waals surface area (Å²) in [5.41, 5.74) is 1.94. The lowest BCUT2D eigenvalue weighted by Crippen LogP contribution is -2.40. The lowest BCUT2D eigenvalue weighted by atomic mass is 9.72. The molecule has 1 aromatic carbocycles. The van der Waals surface area contributed by atoms with Crippen molar-refractivity contribution in [2.45, 2.75) is 51.7 Å². The molecule has 0 spiro atoms. The Morgan fingerprint density at radius 1 is 1.42 bits per heavy atom. The van der Waals surface area contributed by atoms with Crippen LogP contribution in [0.25, 0.3) is 10.2 Å². The Morgan fingerprint density at radius 2 is 2.17 bits per heavy atom. The number of nitrogens with zero attached hydrogens (tertiary/aromatic N) is 1. The van der Waals surface area contributed by atoms with Gasteiger partial charge in [-0.05, 0) is 63.1 Å². The number of aromatic nitrogens is 1. The Bertz CT molecular complexity index is 729. The Labute approximate surface area is 146 Å². The van der Waals surface area contributed by atoms with Crippen LogP contribution in [0.3, 0.4) is 0 Å². The van der Waals surface area contributed by atoms with Gasteiger partial charge in [-0.15, -0.1) is 11.3 Å². The first kappa shape index (κ1) is 17.2. The number of hydrogen-bond donors (Lipinski definition) is 2. The quantitative estimate of drug-likeness (QED) is 0.881. The number of benzene rings is 1. The van der Waals surface area contributed by atoms with Gasteiger partial charge in [0.25, 0.3) is 0 Å². The zero-order valence-electron chi connectivity index (χ0n) is 14.3. The maximum atomic E-state index is 11.7. The molecule has 0 bridgehead atoms. The van der Waals surface area contributed by atoms with Gasteiger partial charge < -0.3 is 15.2 Å². The molecule has 1 saturated carbocycles. The van der Waals surface area contributed by atoms with E-state index in [1.165, 1.54) is 5.56 Å².